The van der Waals surface area contributed by atoms with Gasteiger partial charge >= 0.3 is 0 Å². The lowest BCUT2D eigenvalue weighted by molar-refractivity contribution is -0.131. The van der Waals surface area contributed by atoms with E-state index in [2.05, 4.69) is 5.32 Å². The van der Waals surface area contributed by atoms with Crippen molar-refractivity contribution in [2.45, 2.75) is 13.3 Å². The van der Waals surface area contributed by atoms with E-state index in [-0.39, 0.29) is 18.4 Å². The minimum Gasteiger partial charge on any atom is -0.497 e. The number of hydrogen-bond acceptors (Lipinski definition) is 4. The lowest BCUT2D eigenvalue weighted by atomic mass is 10.1. The summed E-state index contributed by atoms with van der Waals surface area (Å²) in [5.74, 6) is 0.875. The van der Waals surface area contributed by atoms with Crippen LogP contribution in [-0.2, 0) is 9.59 Å². The van der Waals surface area contributed by atoms with Crippen molar-refractivity contribution in [2.75, 3.05) is 34.4 Å². The molecule has 6 heteroatoms. The largest absolute Gasteiger partial charge is 0.497 e. The molecular weight excluding hydrogens is 296 g/mol. The number of carbonyl (C=O) groups is 2. The number of rotatable bonds is 8. The number of carbonyl (C=O) groups excluding carboxylic acids is 2. The Morgan fingerprint density at radius 1 is 1.26 bits per heavy atom. The van der Waals surface area contributed by atoms with Gasteiger partial charge in [0.15, 0.2) is 0 Å². The normalized spacial score (nSPS) is 10.4. The van der Waals surface area contributed by atoms with Gasteiger partial charge in [0.1, 0.15) is 11.5 Å². The highest BCUT2D eigenvalue weighted by molar-refractivity contribution is 5.94. The molecule has 1 aromatic carbocycles. The first-order chi connectivity index (χ1) is 11.0. The van der Waals surface area contributed by atoms with Crippen molar-refractivity contribution < 1.29 is 19.1 Å². The maximum absolute atomic E-state index is 12.1. The van der Waals surface area contributed by atoms with Crippen molar-refractivity contribution >= 4 is 17.9 Å². The first kappa shape index (κ1) is 18.5. The summed E-state index contributed by atoms with van der Waals surface area (Å²) >= 11 is 0. The van der Waals surface area contributed by atoms with Crippen LogP contribution >= 0.6 is 0 Å². The Labute approximate surface area is 137 Å². The molecule has 0 saturated carbocycles. The fourth-order valence-corrected chi connectivity index (χ4v) is 1.87. The molecule has 0 atom stereocenters. The van der Waals surface area contributed by atoms with Gasteiger partial charge in [-0.25, -0.2) is 0 Å². The van der Waals surface area contributed by atoms with Gasteiger partial charge in [-0.3, -0.25) is 9.59 Å². The quantitative estimate of drug-likeness (QED) is 0.740. The Bertz CT molecular complexity index is 570. The van der Waals surface area contributed by atoms with E-state index in [1.165, 1.54) is 11.0 Å². The van der Waals surface area contributed by atoms with Gasteiger partial charge in [0.25, 0.3) is 0 Å². The standard InChI is InChI=1S/C17H24N2O4/c1-5-10-18-16(20)12-19(2)17(21)9-6-13-11-14(22-3)7-8-15(13)23-4/h6-9,11H,5,10,12H2,1-4H3,(H,18,20). The molecule has 1 rings (SSSR count). The Balaban J connectivity index is 2.72. The second kappa shape index (κ2) is 9.50. The van der Waals surface area contributed by atoms with Gasteiger partial charge in [-0.15, -0.1) is 0 Å². The highest BCUT2D eigenvalue weighted by atomic mass is 16.5. The van der Waals surface area contributed by atoms with Crippen LogP contribution in [0.15, 0.2) is 24.3 Å². The lowest BCUT2D eigenvalue weighted by Crippen LogP contribution is -2.37. The average molecular weight is 320 g/mol. The molecule has 6 nitrogen and oxygen atoms in total. The molecule has 0 aliphatic rings. The van der Waals surface area contributed by atoms with E-state index < -0.39 is 0 Å². The summed E-state index contributed by atoms with van der Waals surface area (Å²) in [7, 11) is 4.72. The number of nitrogens with one attached hydrogen (secondary N) is 1. The number of benzene rings is 1. The first-order valence-electron chi connectivity index (χ1n) is 7.43. The third kappa shape index (κ3) is 6.02. The molecule has 2 amide bonds. The summed E-state index contributed by atoms with van der Waals surface area (Å²) in [4.78, 5) is 25.0. The fourth-order valence-electron chi connectivity index (χ4n) is 1.87. The van der Waals surface area contributed by atoms with Crippen molar-refractivity contribution in [1.29, 1.82) is 0 Å². The zero-order valence-electron chi connectivity index (χ0n) is 14.1. The van der Waals surface area contributed by atoms with Crippen LogP contribution in [0.4, 0.5) is 0 Å². The predicted molar refractivity (Wildman–Crippen MR) is 89.5 cm³/mol. The van der Waals surface area contributed by atoms with E-state index in [1.54, 1.807) is 45.5 Å². The van der Waals surface area contributed by atoms with Gasteiger partial charge in [0.2, 0.25) is 11.8 Å². The third-order valence-electron chi connectivity index (χ3n) is 3.17. The van der Waals surface area contributed by atoms with E-state index >= 15 is 0 Å². The minimum absolute atomic E-state index is 0.0262. The Kier molecular flexibility index (Phi) is 7.66. The highest BCUT2D eigenvalue weighted by Crippen LogP contribution is 2.25. The van der Waals surface area contributed by atoms with Crippen LogP contribution in [0, 0.1) is 0 Å². The number of amides is 2. The van der Waals surface area contributed by atoms with E-state index in [0.29, 0.717) is 18.0 Å². The maximum Gasteiger partial charge on any atom is 0.246 e. The molecule has 0 radical (unpaired) electrons. The monoisotopic (exact) mass is 320 g/mol. The predicted octanol–water partition coefficient (Wildman–Crippen LogP) is 1.70. The molecule has 23 heavy (non-hydrogen) atoms. The molecule has 126 valence electrons. The number of likely N-dealkylation sites (N-methyl/N-ethyl adjacent to an activating group) is 1. The van der Waals surface area contributed by atoms with Crippen molar-refractivity contribution in [2.24, 2.45) is 0 Å². The van der Waals surface area contributed by atoms with Gasteiger partial charge in [-0.2, -0.15) is 0 Å². The van der Waals surface area contributed by atoms with Crippen LogP contribution in [-0.4, -0.2) is 51.1 Å². The zero-order valence-corrected chi connectivity index (χ0v) is 14.1. The molecule has 0 heterocycles. The van der Waals surface area contributed by atoms with Crippen LogP contribution in [0.2, 0.25) is 0 Å². The summed E-state index contributed by atoms with van der Waals surface area (Å²) < 4.78 is 10.4. The van der Waals surface area contributed by atoms with Crippen LogP contribution in [0.25, 0.3) is 6.08 Å². The molecule has 0 unspecified atom stereocenters. The van der Waals surface area contributed by atoms with Gasteiger partial charge < -0.3 is 19.7 Å². The van der Waals surface area contributed by atoms with Crippen LogP contribution < -0.4 is 14.8 Å². The Morgan fingerprint density at radius 2 is 2.00 bits per heavy atom. The highest BCUT2D eigenvalue weighted by Gasteiger charge is 2.10. The van der Waals surface area contributed by atoms with Gasteiger partial charge in [0, 0.05) is 25.2 Å². The van der Waals surface area contributed by atoms with Gasteiger partial charge in [0.05, 0.1) is 20.8 Å². The second-order valence-corrected chi connectivity index (χ2v) is 4.99. The Hall–Kier alpha value is -2.50. The molecule has 1 aromatic rings. The average Bonchev–Trinajstić information content (AvgIpc) is 2.57. The molecule has 0 bridgehead atoms. The molecule has 0 fully saturated rings. The van der Waals surface area contributed by atoms with E-state index in [4.69, 9.17) is 9.47 Å². The summed E-state index contributed by atoms with van der Waals surface area (Å²) in [6, 6.07) is 5.32. The molecule has 0 saturated heterocycles. The molecule has 0 aliphatic carbocycles. The number of ether oxygens (including phenoxy) is 2. The van der Waals surface area contributed by atoms with E-state index in [1.807, 2.05) is 6.92 Å². The number of methoxy groups -OCH3 is 2. The van der Waals surface area contributed by atoms with Crippen molar-refractivity contribution in [3.8, 4) is 11.5 Å². The minimum atomic E-state index is -0.262. The molecule has 0 aromatic heterocycles. The van der Waals surface area contributed by atoms with Crippen LogP contribution in [0.5, 0.6) is 11.5 Å². The fraction of sp³-hybridized carbons (Fsp3) is 0.412. The first-order valence-corrected chi connectivity index (χ1v) is 7.43. The summed E-state index contributed by atoms with van der Waals surface area (Å²) in [6.07, 6.45) is 3.91. The van der Waals surface area contributed by atoms with Crippen molar-refractivity contribution in [3.05, 3.63) is 29.8 Å². The molecular formula is C17H24N2O4. The van der Waals surface area contributed by atoms with E-state index in [0.717, 1.165) is 12.0 Å². The summed E-state index contributed by atoms with van der Waals surface area (Å²) in [6.45, 7) is 2.61. The number of nitrogens with zero attached hydrogens (tertiary/aromatic N) is 1. The smallest absolute Gasteiger partial charge is 0.246 e. The summed E-state index contributed by atoms with van der Waals surface area (Å²) in [5.41, 5.74) is 0.726. The Morgan fingerprint density at radius 3 is 2.61 bits per heavy atom. The molecule has 1 N–H and O–H groups in total. The summed E-state index contributed by atoms with van der Waals surface area (Å²) in [5, 5.41) is 2.73. The van der Waals surface area contributed by atoms with Crippen LogP contribution in [0.1, 0.15) is 18.9 Å². The second-order valence-electron chi connectivity index (χ2n) is 4.99. The van der Waals surface area contributed by atoms with Crippen LogP contribution in [0.3, 0.4) is 0 Å². The SMILES string of the molecule is CCCNC(=O)CN(C)C(=O)C=Cc1cc(OC)ccc1OC. The third-order valence-corrected chi connectivity index (χ3v) is 3.17. The maximum atomic E-state index is 12.1. The van der Waals surface area contributed by atoms with E-state index in [9.17, 15) is 9.59 Å². The molecule has 0 spiro atoms. The van der Waals surface area contributed by atoms with Crippen molar-refractivity contribution in [1.82, 2.24) is 10.2 Å². The topological polar surface area (TPSA) is 67.9 Å². The lowest BCUT2D eigenvalue weighted by Gasteiger charge is -2.14. The van der Waals surface area contributed by atoms with Gasteiger partial charge in [-0.1, -0.05) is 6.92 Å². The number of hydrogen-bond donors (Lipinski definition) is 1. The van der Waals surface area contributed by atoms with Crippen molar-refractivity contribution in [3.63, 3.8) is 0 Å². The molecule has 0 aliphatic heterocycles. The zero-order chi connectivity index (χ0) is 17.2. The van der Waals surface area contributed by atoms with Gasteiger partial charge in [-0.05, 0) is 30.7 Å².